The molecule has 1 rings (SSSR count). The number of carboxylic acid groups (broad SMARTS) is 1. The number of hydrogen-bond acceptors (Lipinski definition) is 2. The topological polar surface area (TPSA) is 54.4 Å². The number of amides is 1. The molecule has 0 unspecified atom stereocenters. The molecule has 1 aromatic carbocycles. The molecule has 1 aromatic rings. The van der Waals surface area contributed by atoms with E-state index < -0.39 is 5.97 Å². The maximum absolute atomic E-state index is 12.9. The minimum atomic E-state index is -0.911. The van der Waals surface area contributed by atoms with Crippen molar-refractivity contribution in [1.82, 2.24) is 0 Å². The molecule has 0 aliphatic heterocycles. The standard InChI is InChI=1S/C17H25NO3/c1-3-5-12-18(13-6-4-2,14-16(19)20)17(21)15-10-8-7-9-11-15/h7-11H,3-6,12-14H2,1-2H3/p+1. The molecule has 0 bridgehead atoms. The highest BCUT2D eigenvalue weighted by atomic mass is 16.4. The number of hydrogen-bond donors (Lipinski definition) is 1. The summed E-state index contributed by atoms with van der Waals surface area (Å²) in [5, 5.41) is 9.28. The van der Waals surface area contributed by atoms with Gasteiger partial charge < -0.3 is 5.11 Å². The first-order valence-electron chi connectivity index (χ1n) is 7.73. The van der Waals surface area contributed by atoms with Crippen LogP contribution < -0.4 is 0 Å². The molecule has 0 aliphatic rings. The first-order chi connectivity index (χ1) is 10.1. The highest BCUT2D eigenvalue weighted by Crippen LogP contribution is 2.18. The second-order valence-corrected chi connectivity index (χ2v) is 5.52. The van der Waals surface area contributed by atoms with Crippen molar-refractivity contribution in [2.24, 2.45) is 0 Å². The second-order valence-electron chi connectivity index (χ2n) is 5.52. The maximum Gasteiger partial charge on any atom is 0.359 e. The Labute approximate surface area is 127 Å². The summed E-state index contributed by atoms with van der Waals surface area (Å²) in [4.78, 5) is 24.2. The molecular weight excluding hydrogens is 266 g/mol. The fraction of sp³-hybridized carbons (Fsp3) is 0.529. The van der Waals surface area contributed by atoms with E-state index in [0.29, 0.717) is 18.7 Å². The van der Waals surface area contributed by atoms with Gasteiger partial charge in [0.05, 0.1) is 18.7 Å². The van der Waals surface area contributed by atoms with Crippen LogP contribution in [0.25, 0.3) is 0 Å². The van der Waals surface area contributed by atoms with Crippen molar-refractivity contribution in [1.29, 1.82) is 0 Å². The predicted octanol–water partition coefficient (Wildman–Crippen LogP) is 3.33. The molecule has 0 atom stereocenters. The molecule has 0 radical (unpaired) electrons. The van der Waals surface area contributed by atoms with E-state index in [-0.39, 0.29) is 16.9 Å². The van der Waals surface area contributed by atoms with Gasteiger partial charge in [-0.25, -0.2) is 14.1 Å². The highest BCUT2D eigenvalue weighted by molar-refractivity contribution is 5.90. The largest absolute Gasteiger partial charge is 0.477 e. The third kappa shape index (κ3) is 4.97. The number of carboxylic acids is 1. The van der Waals surface area contributed by atoms with Gasteiger partial charge in [0.2, 0.25) is 0 Å². The van der Waals surface area contributed by atoms with Gasteiger partial charge in [-0.2, -0.15) is 0 Å². The van der Waals surface area contributed by atoms with E-state index in [1.165, 1.54) is 0 Å². The Morgan fingerprint density at radius 3 is 1.95 bits per heavy atom. The predicted molar refractivity (Wildman–Crippen MR) is 83.1 cm³/mol. The second kappa shape index (κ2) is 8.57. The van der Waals surface area contributed by atoms with Crippen LogP contribution in [-0.4, -0.2) is 41.1 Å². The number of carbonyl (C=O) groups is 2. The molecule has 0 aromatic heterocycles. The third-order valence-corrected chi connectivity index (χ3v) is 3.77. The van der Waals surface area contributed by atoms with Crippen LogP contribution in [0.3, 0.4) is 0 Å². The molecule has 0 spiro atoms. The molecular formula is C17H26NO3+. The monoisotopic (exact) mass is 292 g/mol. The maximum atomic E-state index is 12.9. The first kappa shape index (κ1) is 17.4. The van der Waals surface area contributed by atoms with Crippen molar-refractivity contribution in [3.05, 3.63) is 35.9 Å². The molecule has 21 heavy (non-hydrogen) atoms. The van der Waals surface area contributed by atoms with Gasteiger partial charge in [0.15, 0.2) is 6.54 Å². The number of rotatable bonds is 9. The molecule has 4 nitrogen and oxygen atoms in total. The Hall–Kier alpha value is -1.68. The van der Waals surface area contributed by atoms with E-state index in [4.69, 9.17) is 0 Å². The normalized spacial score (nSPS) is 11.3. The van der Waals surface area contributed by atoms with Gasteiger partial charge in [-0.1, -0.05) is 44.9 Å². The number of nitrogens with zero attached hydrogens (tertiary/aromatic N) is 1. The minimum Gasteiger partial charge on any atom is -0.477 e. The van der Waals surface area contributed by atoms with E-state index in [0.717, 1.165) is 25.7 Å². The van der Waals surface area contributed by atoms with Gasteiger partial charge in [-0.05, 0) is 25.0 Å². The van der Waals surface area contributed by atoms with E-state index in [2.05, 4.69) is 13.8 Å². The zero-order chi connectivity index (χ0) is 15.7. The molecule has 4 heteroatoms. The summed E-state index contributed by atoms with van der Waals surface area (Å²) in [6.45, 7) is 5.17. The molecule has 1 N–H and O–H groups in total. The van der Waals surface area contributed by atoms with Crippen molar-refractivity contribution < 1.29 is 19.2 Å². The number of benzene rings is 1. The number of quaternary nitrogens is 1. The summed E-state index contributed by atoms with van der Waals surface area (Å²) in [7, 11) is 0. The summed E-state index contributed by atoms with van der Waals surface area (Å²) in [6, 6.07) is 9.05. The van der Waals surface area contributed by atoms with Crippen LogP contribution >= 0.6 is 0 Å². The Balaban J connectivity index is 3.11. The Kier molecular flexibility index (Phi) is 7.09. The van der Waals surface area contributed by atoms with Crippen molar-refractivity contribution in [2.45, 2.75) is 39.5 Å². The van der Waals surface area contributed by atoms with Crippen LogP contribution in [0.5, 0.6) is 0 Å². The average molecular weight is 292 g/mol. The van der Waals surface area contributed by atoms with Gasteiger partial charge in [0.1, 0.15) is 0 Å². The lowest BCUT2D eigenvalue weighted by atomic mass is 10.1. The van der Waals surface area contributed by atoms with E-state index in [1.54, 1.807) is 12.1 Å². The molecule has 0 heterocycles. The van der Waals surface area contributed by atoms with Crippen molar-refractivity contribution >= 4 is 11.9 Å². The van der Waals surface area contributed by atoms with Gasteiger partial charge in [-0.3, -0.25) is 0 Å². The fourth-order valence-electron chi connectivity index (χ4n) is 2.58. The summed E-state index contributed by atoms with van der Waals surface area (Å²) in [5.74, 6) is -0.980. The number of aliphatic carboxylic acids is 1. The van der Waals surface area contributed by atoms with Gasteiger partial charge in [0.25, 0.3) is 0 Å². The van der Waals surface area contributed by atoms with Crippen LogP contribution in [0.15, 0.2) is 30.3 Å². The molecule has 0 saturated heterocycles. The number of unbranched alkanes of at least 4 members (excludes halogenated alkanes) is 2. The van der Waals surface area contributed by atoms with Crippen LogP contribution in [0.1, 0.15) is 49.9 Å². The summed E-state index contributed by atoms with van der Waals surface area (Å²) in [6.07, 6.45) is 3.62. The molecule has 0 aliphatic carbocycles. The molecule has 0 saturated carbocycles. The smallest absolute Gasteiger partial charge is 0.359 e. The Bertz CT molecular complexity index is 448. The zero-order valence-corrected chi connectivity index (χ0v) is 13.0. The SMILES string of the molecule is CCCC[N+](CCCC)(CC(=O)O)C(=O)c1ccccc1. The van der Waals surface area contributed by atoms with Crippen LogP contribution in [0, 0.1) is 0 Å². The molecule has 0 fully saturated rings. The lowest BCUT2D eigenvalue weighted by Crippen LogP contribution is -2.56. The Morgan fingerprint density at radius 2 is 1.52 bits per heavy atom. The highest BCUT2D eigenvalue weighted by Gasteiger charge is 2.38. The van der Waals surface area contributed by atoms with E-state index >= 15 is 0 Å². The van der Waals surface area contributed by atoms with Crippen LogP contribution in [0.2, 0.25) is 0 Å². The van der Waals surface area contributed by atoms with Crippen molar-refractivity contribution in [2.75, 3.05) is 19.6 Å². The van der Waals surface area contributed by atoms with Gasteiger partial charge >= 0.3 is 11.9 Å². The lowest BCUT2D eigenvalue weighted by molar-refractivity contribution is -0.842. The zero-order valence-electron chi connectivity index (χ0n) is 13.0. The third-order valence-electron chi connectivity index (χ3n) is 3.77. The summed E-state index contributed by atoms with van der Waals surface area (Å²) >= 11 is 0. The molecule has 1 amide bonds. The fourth-order valence-corrected chi connectivity index (χ4v) is 2.58. The Morgan fingerprint density at radius 1 is 1.00 bits per heavy atom. The average Bonchev–Trinajstić information content (AvgIpc) is 2.49. The number of carbonyl (C=O) groups excluding carboxylic acids is 1. The van der Waals surface area contributed by atoms with E-state index in [1.807, 2.05) is 18.2 Å². The first-order valence-corrected chi connectivity index (χ1v) is 7.73. The van der Waals surface area contributed by atoms with Gasteiger partial charge in [-0.15, -0.1) is 0 Å². The van der Waals surface area contributed by atoms with Crippen LogP contribution in [0.4, 0.5) is 0 Å². The summed E-state index contributed by atoms with van der Waals surface area (Å²) < 4.78 is 0.0288. The quantitative estimate of drug-likeness (QED) is 0.710. The van der Waals surface area contributed by atoms with Crippen LogP contribution in [-0.2, 0) is 4.79 Å². The van der Waals surface area contributed by atoms with Gasteiger partial charge in [0, 0.05) is 0 Å². The van der Waals surface area contributed by atoms with Crippen molar-refractivity contribution in [3.8, 4) is 0 Å². The van der Waals surface area contributed by atoms with E-state index in [9.17, 15) is 14.7 Å². The van der Waals surface area contributed by atoms with Crippen molar-refractivity contribution in [3.63, 3.8) is 0 Å². The minimum absolute atomic E-state index is 0.0288. The molecule has 116 valence electrons. The summed E-state index contributed by atoms with van der Waals surface area (Å²) in [5.41, 5.74) is 0.603. The lowest BCUT2D eigenvalue weighted by Gasteiger charge is -2.34.